The van der Waals surface area contributed by atoms with Crippen LogP contribution in [0.1, 0.15) is 24.2 Å². The highest BCUT2D eigenvalue weighted by Crippen LogP contribution is 2.16. The molecule has 3 N–H and O–H groups in total. The number of benzene rings is 2. The molecule has 0 bridgehead atoms. The number of hydrogen-bond acceptors (Lipinski definition) is 4. The molecule has 2 aromatic rings. The summed E-state index contributed by atoms with van der Waals surface area (Å²) >= 11 is 0. The molecule has 0 aliphatic rings. The van der Waals surface area contributed by atoms with Gasteiger partial charge in [-0.15, -0.1) is 0 Å². The number of carbonyl (C=O) groups is 2. The van der Waals surface area contributed by atoms with E-state index in [1.54, 1.807) is 13.8 Å². The molecule has 2 aromatic carbocycles. The van der Waals surface area contributed by atoms with Gasteiger partial charge in [0.15, 0.2) is 0 Å². The van der Waals surface area contributed by atoms with Gasteiger partial charge in [-0.3, -0.25) is 9.59 Å². The molecule has 1 atom stereocenters. The van der Waals surface area contributed by atoms with Crippen molar-refractivity contribution in [3.05, 3.63) is 59.7 Å². The van der Waals surface area contributed by atoms with E-state index in [1.165, 1.54) is 31.3 Å². The van der Waals surface area contributed by atoms with Crippen LogP contribution in [0.5, 0.6) is 0 Å². The van der Waals surface area contributed by atoms with E-state index in [1.807, 2.05) is 0 Å². The number of carbonyl (C=O) groups excluding carboxylic acids is 2. The molecule has 29 heavy (non-hydrogen) atoms. The number of hydrogen-bond donors (Lipinski definition) is 3. The van der Waals surface area contributed by atoms with Crippen LogP contribution in [0.4, 0.5) is 14.5 Å². The zero-order valence-electron chi connectivity index (χ0n) is 16.0. The van der Waals surface area contributed by atoms with Crippen LogP contribution in [0.15, 0.2) is 47.4 Å². The molecule has 0 spiro atoms. The van der Waals surface area contributed by atoms with Crippen molar-refractivity contribution < 1.29 is 26.8 Å². The predicted molar refractivity (Wildman–Crippen MR) is 104 cm³/mol. The Bertz CT molecular complexity index is 988. The summed E-state index contributed by atoms with van der Waals surface area (Å²) < 4.78 is 53.3. The minimum atomic E-state index is -3.62. The zero-order chi connectivity index (χ0) is 21.8. The molecule has 10 heteroatoms. The molecular weight excluding hydrogens is 404 g/mol. The lowest BCUT2D eigenvalue weighted by Gasteiger charge is -2.22. The van der Waals surface area contributed by atoms with Gasteiger partial charge in [0.2, 0.25) is 15.9 Å². The Labute approximate surface area is 167 Å². The van der Waals surface area contributed by atoms with Crippen LogP contribution >= 0.6 is 0 Å². The minimum absolute atomic E-state index is 0.0155. The Kier molecular flexibility index (Phi) is 7.04. The molecular formula is C19H21F2N3O4S. The van der Waals surface area contributed by atoms with Crippen molar-refractivity contribution in [2.75, 3.05) is 12.4 Å². The molecule has 0 heterocycles. The van der Waals surface area contributed by atoms with Crippen LogP contribution in [0, 0.1) is 17.6 Å². The molecule has 0 saturated heterocycles. The van der Waals surface area contributed by atoms with E-state index in [-0.39, 0.29) is 4.90 Å². The molecule has 0 saturated carbocycles. The maximum atomic E-state index is 13.8. The van der Waals surface area contributed by atoms with Crippen LogP contribution in [-0.4, -0.2) is 33.3 Å². The molecule has 0 aliphatic heterocycles. The molecule has 0 aliphatic carbocycles. The van der Waals surface area contributed by atoms with Gasteiger partial charge in [-0.1, -0.05) is 19.9 Å². The lowest BCUT2D eigenvalue weighted by Crippen LogP contribution is -2.47. The molecule has 1 unspecified atom stereocenters. The summed E-state index contributed by atoms with van der Waals surface area (Å²) in [6, 6.07) is 7.33. The Morgan fingerprint density at radius 2 is 1.52 bits per heavy atom. The fraction of sp³-hybridized carbons (Fsp3) is 0.263. The lowest BCUT2D eigenvalue weighted by atomic mass is 10.0. The highest BCUT2D eigenvalue weighted by atomic mass is 32.2. The first kappa shape index (κ1) is 22.4. The Balaban J connectivity index is 2.17. The fourth-order valence-electron chi connectivity index (χ4n) is 2.52. The molecule has 7 nitrogen and oxygen atoms in total. The maximum Gasteiger partial charge on any atom is 0.257 e. The Morgan fingerprint density at radius 3 is 2.00 bits per heavy atom. The smallest absolute Gasteiger partial charge is 0.257 e. The highest BCUT2D eigenvalue weighted by Gasteiger charge is 2.27. The molecule has 0 aromatic heterocycles. The summed E-state index contributed by atoms with van der Waals surface area (Å²) in [7, 11) is -2.34. The predicted octanol–water partition coefficient (Wildman–Crippen LogP) is 2.27. The Morgan fingerprint density at radius 1 is 0.966 bits per heavy atom. The van der Waals surface area contributed by atoms with E-state index in [2.05, 4.69) is 15.4 Å². The first-order chi connectivity index (χ1) is 13.6. The van der Waals surface area contributed by atoms with Gasteiger partial charge in [0, 0.05) is 5.69 Å². The summed E-state index contributed by atoms with van der Waals surface area (Å²) in [6.45, 7) is 3.32. The quantitative estimate of drug-likeness (QED) is 0.633. The van der Waals surface area contributed by atoms with Gasteiger partial charge in [-0.2, -0.15) is 0 Å². The lowest BCUT2D eigenvalue weighted by molar-refractivity contribution is -0.118. The third kappa shape index (κ3) is 5.36. The van der Waals surface area contributed by atoms with E-state index in [4.69, 9.17) is 0 Å². The number of anilines is 1. The average Bonchev–Trinajstić information content (AvgIpc) is 2.66. The first-order valence-corrected chi connectivity index (χ1v) is 10.1. The molecule has 0 radical (unpaired) electrons. The van der Waals surface area contributed by atoms with E-state index in [0.29, 0.717) is 5.69 Å². The second-order valence-electron chi connectivity index (χ2n) is 6.51. The Hall–Kier alpha value is -2.85. The highest BCUT2D eigenvalue weighted by molar-refractivity contribution is 7.89. The fourth-order valence-corrected chi connectivity index (χ4v) is 3.25. The van der Waals surface area contributed by atoms with Crippen molar-refractivity contribution in [2.45, 2.75) is 24.8 Å². The summed E-state index contributed by atoms with van der Waals surface area (Å²) in [5.41, 5.74) is -0.477. The molecule has 2 rings (SSSR count). The molecule has 156 valence electrons. The monoisotopic (exact) mass is 425 g/mol. The second-order valence-corrected chi connectivity index (χ2v) is 8.40. The number of amides is 2. The summed E-state index contributed by atoms with van der Waals surface area (Å²) in [4.78, 5) is 24.9. The van der Waals surface area contributed by atoms with Crippen LogP contribution in [-0.2, 0) is 14.8 Å². The third-order valence-electron chi connectivity index (χ3n) is 4.13. The van der Waals surface area contributed by atoms with Gasteiger partial charge in [-0.25, -0.2) is 21.9 Å². The van der Waals surface area contributed by atoms with Gasteiger partial charge in [0.05, 0.1) is 4.90 Å². The van der Waals surface area contributed by atoms with Crippen molar-refractivity contribution in [3.8, 4) is 0 Å². The van der Waals surface area contributed by atoms with E-state index >= 15 is 0 Å². The topological polar surface area (TPSA) is 104 Å². The number of nitrogens with one attached hydrogen (secondary N) is 3. The van der Waals surface area contributed by atoms with E-state index < -0.39 is 51.0 Å². The number of rotatable bonds is 7. The van der Waals surface area contributed by atoms with Crippen molar-refractivity contribution in [3.63, 3.8) is 0 Å². The summed E-state index contributed by atoms with van der Waals surface area (Å²) in [5, 5.41) is 4.89. The number of halogens is 2. The standard InChI is InChI=1S/C19H21F2N3O4S/c1-11(2)17(24-18(25)16-14(20)5-4-6-15(16)21)19(26)23-12-7-9-13(10-8-12)29(27,28)22-3/h4-11,17,22H,1-3H3,(H,23,26)(H,24,25). The third-order valence-corrected chi connectivity index (χ3v) is 5.56. The van der Waals surface area contributed by atoms with Crippen molar-refractivity contribution in [1.82, 2.24) is 10.0 Å². The molecule has 0 fully saturated rings. The normalized spacial score (nSPS) is 12.5. The van der Waals surface area contributed by atoms with E-state index in [0.717, 1.165) is 18.2 Å². The van der Waals surface area contributed by atoms with Gasteiger partial charge in [0.25, 0.3) is 5.91 Å². The number of sulfonamides is 1. The minimum Gasteiger partial charge on any atom is -0.340 e. The zero-order valence-corrected chi connectivity index (χ0v) is 16.8. The maximum absolute atomic E-state index is 13.8. The van der Waals surface area contributed by atoms with Crippen LogP contribution < -0.4 is 15.4 Å². The van der Waals surface area contributed by atoms with Crippen molar-refractivity contribution >= 4 is 27.5 Å². The summed E-state index contributed by atoms with van der Waals surface area (Å²) in [6.07, 6.45) is 0. The molecule has 2 amide bonds. The SMILES string of the molecule is CNS(=O)(=O)c1ccc(NC(=O)C(NC(=O)c2c(F)cccc2F)C(C)C)cc1. The van der Waals surface area contributed by atoms with Gasteiger partial charge in [0.1, 0.15) is 23.2 Å². The first-order valence-electron chi connectivity index (χ1n) is 8.66. The van der Waals surface area contributed by atoms with Crippen molar-refractivity contribution in [2.24, 2.45) is 5.92 Å². The van der Waals surface area contributed by atoms with Gasteiger partial charge < -0.3 is 10.6 Å². The van der Waals surface area contributed by atoms with Crippen LogP contribution in [0.2, 0.25) is 0 Å². The van der Waals surface area contributed by atoms with E-state index in [9.17, 15) is 26.8 Å². The van der Waals surface area contributed by atoms with Crippen molar-refractivity contribution in [1.29, 1.82) is 0 Å². The van der Waals surface area contributed by atoms with Crippen LogP contribution in [0.25, 0.3) is 0 Å². The average molecular weight is 425 g/mol. The largest absolute Gasteiger partial charge is 0.340 e. The van der Waals surface area contributed by atoms with Gasteiger partial charge in [-0.05, 0) is 49.4 Å². The summed E-state index contributed by atoms with van der Waals surface area (Å²) in [5.74, 6) is -4.13. The second kappa shape index (κ2) is 9.10. The van der Waals surface area contributed by atoms with Gasteiger partial charge >= 0.3 is 0 Å². The van der Waals surface area contributed by atoms with Crippen LogP contribution in [0.3, 0.4) is 0 Å².